The van der Waals surface area contributed by atoms with Gasteiger partial charge in [0.25, 0.3) is 11.8 Å². The summed E-state index contributed by atoms with van der Waals surface area (Å²) in [6.07, 6.45) is 0. The average Bonchev–Trinajstić information content (AvgIpc) is 2.86. The van der Waals surface area contributed by atoms with Crippen LogP contribution in [0.25, 0.3) is 10.1 Å². The third kappa shape index (κ3) is 2.21. The van der Waals surface area contributed by atoms with E-state index in [0.29, 0.717) is 4.88 Å². The maximum atomic E-state index is 12.7. The molecule has 1 saturated heterocycles. The lowest BCUT2D eigenvalue weighted by atomic mass is 9.98. The van der Waals surface area contributed by atoms with Gasteiger partial charge in [0.2, 0.25) is 5.91 Å². The van der Waals surface area contributed by atoms with Crippen molar-refractivity contribution in [2.75, 3.05) is 6.54 Å². The largest absolute Gasteiger partial charge is 0.314 e. The number of hydrogen-bond acceptors (Lipinski definition) is 4. The minimum absolute atomic E-state index is 0.105. The second kappa shape index (κ2) is 4.66. The zero-order chi connectivity index (χ0) is 15.2. The van der Waals surface area contributed by atoms with Gasteiger partial charge in [-0.3, -0.25) is 19.7 Å². The summed E-state index contributed by atoms with van der Waals surface area (Å²) in [6.45, 7) is 3.17. The molecule has 0 radical (unpaired) electrons. The molecule has 21 heavy (non-hydrogen) atoms. The van der Waals surface area contributed by atoms with Gasteiger partial charge in [0.1, 0.15) is 12.1 Å². The number of hydrogen-bond donors (Lipinski definition) is 1. The number of nitrogens with zero attached hydrogens (tertiary/aromatic N) is 1. The highest BCUT2D eigenvalue weighted by Gasteiger charge is 2.44. The normalized spacial score (nSPS) is 17.9. The van der Waals surface area contributed by atoms with Crippen LogP contribution in [-0.4, -0.2) is 34.7 Å². The fourth-order valence-electron chi connectivity index (χ4n) is 2.33. The second-order valence-electron chi connectivity index (χ2n) is 5.48. The summed E-state index contributed by atoms with van der Waals surface area (Å²) in [5, 5.41) is 3.25. The zero-order valence-corrected chi connectivity index (χ0v) is 12.5. The molecular weight excluding hydrogens is 288 g/mol. The SMILES string of the molecule is CC1(C)C(=O)NC(=O)CN1C(=O)c1cc2ccccc2s1. The van der Waals surface area contributed by atoms with E-state index in [1.807, 2.05) is 24.3 Å². The molecule has 1 aromatic heterocycles. The molecule has 2 heterocycles. The molecule has 1 aliphatic rings. The number of thiophene rings is 1. The molecule has 1 aliphatic heterocycles. The fraction of sp³-hybridized carbons (Fsp3) is 0.267. The number of nitrogens with one attached hydrogen (secondary N) is 1. The molecule has 0 atom stereocenters. The Morgan fingerprint density at radius 2 is 2.00 bits per heavy atom. The lowest BCUT2D eigenvalue weighted by molar-refractivity contribution is -0.143. The van der Waals surface area contributed by atoms with Crippen molar-refractivity contribution in [1.82, 2.24) is 10.2 Å². The first-order valence-corrected chi connectivity index (χ1v) is 7.36. The van der Waals surface area contributed by atoms with Crippen molar-refractivity contribution in [3.63, 3.8) is 0 Å². The Labute approximate surface area is 125 Å². The molecule has 0 saturated carbocycles. The molecule has 0 aliphatic carbocycles. The van der Waals surface area contributed by atoms with Gasteiger partial charge >= 0.3 is 0 Å². The van der Waals surface area contributed by atoms with E-state index < -0.39 is 17.4 Å². The molecule has 1 fully saturated rings. The van der Waals surface area contributed by atoms with Crippen molar-refractivity contribution in [3.05, 3.63) is 35.2 Å². The van der Waals surface area contributed by atoms with Crippen LogP contribution in [0, 0.1) is 0 Å². The Kier molecular flexibility index (Phi) is 3.06. The van der Waals surface area contributed by atoms with E-state index in [2.05, 4.69) is 5.32 Å². The highest BCUT2D eigenvalue weighted by molar-refractivity contribution is 7.20. The minimum atomic E-state index is -1.04. The van der Waals surface area contributed by atoms with E-state index in [4.69, 9.17) is 0 Å². The summed E-state index contributed by atoms with van der Waals surface area (Å²) in [6, 6.07) is 9.49. The van der Waals surface area contributed by atoms with Gasteiger partial charge in [0.15, 0.2) is 0 Å². The van der Waals surface area contributed by atoms with Crippen LogP contribution in [-0.2, 0) is 9.59 Å². The summed E-state index contributed by atoms with van der Waals surface area (Å²) >= 11 is 1.37. The lowest BCUT2D eigenvalue weighted by Crippen LogP contribution is -2.65. The van der Waals surface area contributed by atoms with Crippen LogP contribution in [0.5, 0.6) is 0 Å². The van der Waals surface area contributed by atoms with E-state index in [0.717, 1.165) is 10.1 Å². The van der Waals surface area contributed by atoms with Crippen LogP contribution in [0.1, 0.15) is 23.5 Å². The van der Waals surface area contributed by atoms with Gasteiger partial charge in [-0.25, -0.2) is 0 Å². The van der Waals surface area contributed by atoms with Gasteiger partial charge in [0, 0.05) is 4.70 Å². The number of carbonyl (C=O) groups is 3. The van der Waals surface area contributed by atoms with E-state index >= 15 is 0 Å². The van der Waals surface area contributed by atoms with Gasteiger partial charge < -0.3 is 4.90 Å². The Bertz CT molecular complexity index is 730. The monoisotopic (exact) mass is 302 g/mol. The van der Waals surface area contributed by atoms with Gasteiger partial charge in [0.05, 0.1) is 4.88 Å². The Hall–Kier alpha value is -2.21. The van der Waals surface area contributed by atoms with Gasteiger partial charge in [-0.2, -0.15) is 0 Å². The number of rotatable bonds is 1. The predicted molar refractivity (Wildman–Crippen MR) is 80.1 cm³/mol. The predicted octanol–water partition coefficient (Wildman–Crippen LogP) is 1.78. The van der Waals surface area contributed by atoms with E-state index in [1.54, 1.807) is 19.9 Å². The molecule has 5 nitrogen and oxygen atoms in total. The molecule has 3 rings (SSSR count). The van der Waals surface area contributed by atoms with E-state index in [-0.39, 0.29) is 12.5 Å². The maximum absolute atomic E-state index is 12.7. The lowest BCUT2D eigenvalue weighted by Gasteiger charge is -2.39. The van der Waals surface area contributed by atoms with Crippen molar-refractivity contribution in [2.45, 2.75) is 19.4 Å². The van der Waals surface area contributed by atoms with Crippen LogP contribution < -0.4 is 5.32 Å². The summed E-state index contributed by atoms with van der Waals surface area (Å²) < 4.78 is 1.01. The number of imide groups is 1. The third-order valence-corrected chi connectivity index (χ3v) is 4.77. The van der Waals surface area contributed by atoms with Crippen molar-refractivity contribution in [1.29, 1.82) is 0 Å². The number of piperazine rings is 1. The summed E-state index contributed by atoms with van der Waals surface area (Å²) in [5.41, 5.74) is -1.04. The van der Waals surface area contributed by atoms with Crippen molar-refractivity contribution < 1.29 is 14.4 Å². The number of fused-ring (bicyclic) bond motifs is 1. The Balaban J connectivity index is 2.00. The van der Waals surface area contributed by atoms with Gasteiger partial charge in [-0.15, -0.1) is 11.3 Å². The molecule has 0 unspecified atom stereocenters. The third-order valence-electron chi connectivity index (χ3n) is 3.67. The van der Waals surface area contributed by atoms with Crippen LogP contribution in [0.4, 0.5) is 0 Å². The summed E-state index contributed by atoms with van der Waals surface area (Å²) in [4.78, 5) is 38.0. The molecule has 108 valence electrons. The molecule has 2 aromatic rings. The van der Waals surface area contributed by atoms with E-state index in [9.17, 15) is 14.4 Å². The summed E-state index contributed by atoms with van der Waals surface area (Å²) in [7, 11) is 0. The molecular formula is C15H14N2O3S. The highest BCUT2D eigenvalue weighted by atomic mass is 32.1. The van der Waals surface area contributed by atoms with Crippen LogP contribution >= 0.6 is 11.3 Å². The molecule has 1 aromatic carbocycles. The zero-order valence-electron chi connectivity index (χ0n) is 11.7. The fourth-order valence-corrected chi connectivity index (χ4v) is 3.34. The minimum Gasteiger partial charge on any atom is -0.314 e. The first kappa shape index (κ1) is 13.8. The molecule has 6 heteroatoms. The van der Waals surface area contributed by atoms with Crippen LogP contribution in [0.15, 0.2) is 30.3 Å². The van der Waals surface area contributed by atoms with Crippen molar-refractivity contribution >= 4 is 39.1 Å². The van der Waals surface area contributed by atoms with Gasteiger partial charge in [-0.1, -0.05) is 18.2 Å². The number of amides is 3. The molecule has 1 N–H and O–H groups in total. The molecule has 0 bridgehead atoms. The van der Waals surface area contributed by atoms with E-state index in [1.165, 1.54) is 16.2 Å². The summed E-state index contributed by atoms with van der Waals surface area (Å²) in [5.74, 6) is -1.19. The second-order valence-corrected chi connectivity index (χ2v) is 6.56. The molecule has 0 spiro atoms. The van der Waals surface area contributed by atoms with Crippen molar-refractivity contribution in [3.8, 4) is 0 Å². The van der Waals surface area contributed by atoms with Crippen LogP contribution in [0.2, 0.25) is 0 Å². The Morgan fingerprint density at radius 3 is 2.71 bits per heavy atom. The smallest absolute Gasteiger partial charge is 0.265 e. The average molecular weight is 302 g/mol. The number of benzene rings is 1. The Morgan fingerprint density at radius 1 is 1.29 bits per heavy atom. The first-order chi connectivity index (χ1) is 9.89. The quantitative estimate of drug-likeness (QED) is 0.817. The van der Waals surface area contributed by atoms with Crippen LogP contribution in [0.3, 0.4) is 0 Å². The van der Waals surface area contributed by atoms with Gasteiger partial charge in [-0.05, 0) is 31.4 Å². The standard InChI is InChI=1S/C15H14N2O3S/c1-15(2)14(20)16-12(18)8-17(15)13(19)11-7-9-5-3-4-6-10(9)21-11/h3-7H,8H2,1-2H3,(H,16,18,20). The first-order valence-electron chi connectivity index (χ1n) is 6.54. The maximum Gasteiger partial charge on any atom is 0.265 e. The number of carbonyl (C=O) groups excluding carboxylic acids is 3. The highest BCUT2D eigenvalue weighted by Crippen LogP contribution is 2.29. The molecule has 3 amide bonds. The topological polar surface area (TPSA) is 66.5 Å². The van der Waals surface area contributed by atoms with Crippen molar-refractivity contribution in [2.24, 2.45) is 0 Å².